The van der Waals surface area contributed by atoms with E-state index in [-0.39, 0.29) is 11.8 Å². The zero-order valence-electron chi connectivity index (χ0n) is 10.9. The number of hydrogen-bond donors (Lipinski definition) is 0. The van der Waals surface area contributed by atoms with E-state index >= 15 is 0 Å². The molecule has 1 heterocycles. The monoisotopic (exact) mass is 238 g/mol. The van der Waals surface area contributed by atoms with Crippen molar-refractivity contribution in [1.29, 1.82) is 0 Å². The van der Waals surface area contributed by atoms with Crippen molar-refractivity contribution >= 4 is 5.78 Å². The molecule has 0 aromatic carbocycles. The van der Waals surface area contributed by atoms with Gasteiger partial charge in [0, 0.05) is 24.2 Å². The lowest BCUT2D eigenvalue weighted by molar-refractivity contribution is 0.0995. The summed E-state index contributed by atoms with van der Waals surface area (Å²) in [5.74, 6) is -0.147. The van der Waals surface area contributed by atoms with Crippen LogP contribution in [0, 0.1) is 0 Å². The number of fused-ring (bicyclic) bond motifs is 1. The number of ketones is 1. The summed E-state index contributed by atoms with van der Waals surface area (Å²) in [4.78, 5) is 11.6. The molecule has 1 aromatic heterocycles. The highest BCUT2D eigenvalue weighted by Gasteiger charge is 2.39. The van der Waals surface area contributed by atoms with Crippen LogP contribution in [0.4, 0.5) is 4.39 Å². The second-order valence-electron chi connectivity index (χ2n) is 5.32. The van der Waals surface area contributed by atoms with Gasteiger partial charge in [0.05, 0.1) is 0 Å². The van der Waals surface area contributed by atoms with Crippen molar-refractivity contribution in [2.45, 2.75) is 58.7 Å². The molecule has 0 radical (unpaired) electrons. The molecule has 0 saturated heterocycles. The fourth-order valence-electron chi connectivity index (χ4n) is 2.64. The Hall–Kier alpha value is -1.19. The van der Waals surface area contributed by atoms with Crippen LogP contribution < -0.4 is 0 Å². The molecule has 0 fully saturated rings. The van der Waals surface area contributed by atoms with Crippen LogP contribution in [0.15, 0.2) is 0 Å². The Morgan fingerprint density at radius 1 is 1.53 bits per heavy atom. The zero-order chi connectivity index (χ0) is 12.8. The number of hydrogen-bond acceptors (Lipinski definition) is 2. The minimum absolute atomic E-state index is 0.147. The van der Waals surface area contributed by atoms with Crippen molar-refractivity contribution in [2.24, 2.45) is 0 Å². The Morgan fingerprint density at radius 3 is 2.71 bits per heavy atom. The first-order valence-corrected chi connectivity index (χ1v) is 6.16. The van der Waals surface area contributed by atoms with Gasteiger partial charge in [-0.15, -0.1) is 0 Å². The van der Waals surface area contributed by atoms with Crippen LogP contribution in [-0.2, 0) is 12.1 Å². The van der Waals surface area contributed by atoms with Crippen LogP contribution in [0.3, 0.4) is 0 Å². The Balaban J connectivity index is 2.68. The molecule has 1 aliphatic rings. The highest BCUT2D eigenvalue weighted by atomic mass is 19.1. The van der Waals surface area contributed by atoms with Crippen molar-refractivity contribution < 1.29 is 9.18 Å². The lowest BCUT2D eigenvalue weighted by Crippen LogP contribution is -2.24. The largest absolute Gasteiger partial charge is 0.293 e. The number of Topliss-reactive ketones (excluding diaryl/α,β-unsaturated/α-hetero) is 1. The maximum Gasteiger partial charge on any atom is 0.180 e. The van der Waals surface area contributed by atoms with Crippen LogP contribution in [0.1, 0.15) is 68.3 Å². The fourth-order valence-corrected chi connectivity index (χ4v) is 2.64. The van der Waals surface area contributed by atoms with Gasteiger partial charge in [0.25, 0.3) is 0 Å². The quantitative estimate of drug-likeness (QED) is 0.742. The summed E-state index contributed by atoms with van der Waals surface area (Å²) >= 11 is 0. The average molecular weight is 238 g/mol. The Morgan fingerprint density at radius 2 is 2.18 bits per heavy atom. The first-order valence-electron chi connectivity index (χ1n) is 6.16. The Bertz CT molecular complexity index is 460. The molecule has 4 heteroatoms. The number of carbonyl (C=O) groups is 1. The molecule has 0 spiro atoms. The van der Waals surface area contributed by atoms with E-state index in [0.29, 0.717) is 17.7 Å². The molecule has 0 N–H and O–H groups in total. The van der Waals surface area contributed by atoms with E-state index in [0.717, 1.165) is 18.5 Å². The smallest absolute Gasteiger partial charge is 0.180 e. The lowest BCUT2D eigenvalue weighted by atomic mass is 9.83. The molecular formula is C13H19FN2O. The zero-order valence-corrected chi connectivity index (χ0v) is 10.9. The molecule has 0 saturated carbocycles. The number of alkyl halides is 1. The number of aromatic nitrogens is 2. The number of carbonyl (C=O) groups excluding carboxylic acids is 1. The third kappa shape index (κ3) is 1.90. The normalized spacial score (nSPS) is 23.9. The molecule has 1 aromatic rings. The summed E-state index contributed by atoms with van der Waals surface area (Å²) in [5.41, 5.74) is 0.339. The van der Waals surface area contributed by atoms with Crippen molar-refractivity contribution in [1.82, 2.24) is 9.78 Å². The van der Waals surface area contributed by atoms with Gasteiger partial charge in [-0.2, -0.15) is 5.10 Å². The predicted octanol–water partition coefficient (Wildman–Crippen LogP) is 3.19. The number of rotatable bonds is 2. The van der Waals surface area contributed by atoms with Crippen molar-refractivity contribution in [2.75, 3.05) is 0 Å². The van der Waals surface area contributed by atoms with Crippen LogP contribution in [0.25, 0.3) is 0 Å². The van der Waals surface area contributed by atoms with Gasteiger partial charge in [0.15, 0.2) is 5.78 Å². The van der Waals surface area contributed by atoms with E-state index in [1.807, 2.05) is 18.5 Å². The van der Waals surface area contributed by atoms with Gasteiger partial charge in [-0.3, -0.25) is 9.48 Å². The molecule has 1 unspecified atom stereocenters. The highest BCUT2D eigenvalue weighted by molar-refractivity contribution is 5.94. The van der Waals surface area contributed by atoms with E-state index < -0.39 is 5.67 Å². The van der Waals surface area contributed by atoms with Gasteiger partial charge >= 0.3 is 0 Å². The summed E-state index contributed by atoms with van der Waals surface area (Å²) in [6.07, 6.45) is 2.10. The molecule has 1 atom stereocenters. The molecule has 0 amide bonds. The Labute approximate surface area is 101 Å². The second-order valence-corrected chi connectivity index (χ2v) is 5.32. The van der Waals surface area contributed by atoms with Gasteiger partial charge in [0.1, 0.15) is 11.4 Å². The van der Waals surface area contributed by atoms with Gasteiger partial charge in [-0.1, -0.05) is 0 Å². The number of halogens is 1. The molecule has 17 heavy (non-hydrogen) atoms. The maximum absolute atomic E-state index is 14.6. The minimum atomic E-state index is -1.41. The van der Waals surface area contributed by atoms with Gasteiger partial charge in [-0.25, -0.2) is 4.39 Å². The van der Waals surface area contributed by atoms with Crippen LogP contribution in [0.5, 0.6) is 0 Å². The SMILES string of the molecule is CC(=O)c1nn(C(C)C)c2c1C(C)(F)CCC2. The Kier molecular flexibility index (Phi) is 2.84. The standard InChI is InChI=1S/C13H19FN2O/c1-8(2)16-10-6-5-7-13(4,14)11(10)12(15-16)9(3)17/h8H,5-7H2,1-4H3. The molecule has 2 rings (SSSR count). The summed E-state index contributed by atoms with van der Waals surface area (Å²) in [7, 11) is 0. The van der Waals surface area contributed by atoms with E-state index in [1.165, 1.54) is 6.92 Å². The van der Waals surface area contributed by atoms with E-state index in [9.17, 15) is 9.18 Å². The minimum Gasteiger partial charge on any atom is -0.293 e. The molecule has 94 valence electrons. The number of nitrogens with zero attached hydrogens (tertiary/aromatic N) is 2. The van der Waals surface area contributed by atoms with E-state index in [4.69, 9.17) is 0 Å². The highest BCUT2D eigenvalue weighted by Crippen LogP contribution is 2.41. The van der Waals surface area contributed by atoms with Crippen molar-refractivity contribution in [3.05, 3.63) is 17.0 Å². The average Bonchev–Trinajstić information content (AvgIpc) is 2.58. The van der Waals surface area contributed by atoms with Crippen LogP contribution in [0.2, 0.25) is 0 Å². The van der Waals surface area contributed by atoms with Gasteiger partial charge < -0.3 is 0 Å². The molecular weight excluding hydrogens is 219 g/mol. The van der Waals surface area contributed by atoms with Gasteiger partial charge in [0.2, 0.25) is 0 Å². The third-order valence-electron chi connectivity index (χ3n) is 3.41. The third-order valence-corrected chi connectivity index (χ3v) is 3.41. The van der Waals surface area contributed by atoms with Gasteiger partial charge in [-0.05, 0) is 40.0 Å². The molecule has 1 aliphatic carbocycles. The topological polar surface area (TPSA) is 34.9 Å². The summed E-state index contributed by atoms with van der Waals surface area (Å²) < 4.78 is 16.4. The lowest BCUT2D eigenvalue weighted by Gasteiger charge is -2.27. The second kappa shape index (κ2) is 3.93. The first kappa shape index (κ1) is 12.3. The summed E-state index contributed by atoms with van der Waals surface area (Å²) in [6, 6.07) is 0.158. The van der Waals surface area contributed by atoms with E-state index in [1.54, 1.807) is 6.92 Å². The van der Waals surface area contributed by atoms with E-state index in [2.05, 4.69) is 5.10 Å². The predicted molar refractivity (Wildman–Crippen MR) is 64.0 cm³/mol. The summed E-state index contributed by atoms with van der Waals surface area (Å²) in [5, 5.41) is 4.31. The first-order chi connectivity index (χ1) is 7.84. The van der Waals surface area contributed by atoms with Crippen molar-refractivity contribution in [3.8, 4) is 0 Å². The molecule has 3 nitrogen and oxygen atoms in total. The fraction of sp³-hybridized carbons (Fsp3) is 0.692. The maximum atomic E-state index is 14.6. The van der Waals surface area contributed by atoms with Crippen molar-refractivity contribution in [3.63, 3.8) is 0 Å². The molecule has 0 aliphatic heterocycles. The van der Waals surface area contributed by atoms with Crippen LogP contribution in [-0.4, -0.2) is 15.6 Å². The van der Waals surface area contributed by atoms with Crippen LogP contribution >= 0.6 is 0 Å². The summed E-state index contributed by atoms with van der Waals surface area (Å²) in [6.45, 7) is 7.02. The molecule has 0 bridgehead atoms.